The molecule has 2 rings (SSSR count). The number of amides is 1. The Balaban J connectivity index is 2.32. The van der Waals surface area contributed by atoms with E-state index in [1.54, 1.807) is 12.3 Å². The number of carbonyl (C=O) groups is 1. The van der Waals surface area contributed by atoms with Crippen molar-refractivity contribution in [3.05, 3.63) is 48.3 Å². The molecule has 1 N–H and O–H groups in total. The van der Waals surface area contributed by atoms with Crippen LogP contribution in [0.5, 0.6) is 0 Å². The Morgan fingerprint density at radius 3 is 2.57 bits per heavy atom. The molecule has 0 fully saturated rings. The van der Waals surface area contributed by atoms with Gasteiger partial charge in [0.1, 0.15) is 5.69 Å². The van der Waals surface area contributed by atoms with Crippen LogP contribution in [0.15, 0.2) is 42.6 Å². The zero-order valence-electron chi connectivity index (χ0n) is 12.7. The molecular formula is C17H23N3O. The second kappa shape index (κ2) is 7.62. The van der Waals surface area contributed by atoms with Crippen LogP contribution in [-0.4, -0.2) is 22.1 Å². The molecule has 1 aromatic carbocycles. The summed E-state index contributed by atoms with van der Waals surface area (Å²) in [5, 5.41) is 6.68. The molecule has 1 aromatic heterocycles. The maximum Gasteiger partial charge on any atom is 0.276 e. The maximum absolute atomic E-state index is 12.8. The van der Waals surface area contributed by atoms with Crippen molar-refractivity contribution in [1.82, 2.24) is 10.2 Å². The van der Waals surface area contributed by atoms with Crippen molar-refractivity contribution < 1.29 is 4.79 Å². The number of hydrogen-bond acceptors (Lipinski definition) is 2. The van der Waals surface area contributed by atoms with E-state index in [1.165, 1.54) is 0 Å². The van der Waals surface area contributed by atoms with E-state index in [4.69, 9.17) is 0 Å². The molecular weight excluding hydrogens is 262 g/mol. The first-order valence-electron chi connectivity index (χ1n) is 7.65. The average Bonchev–Trinajstić information content (AvgIpc) is 3.06. The molecule has 0 spiro atoms. The molecule has 2 aromatic rings. The summed E-state index contributed by atoms with van der Waals surface area (Å²) in [6.45, 7) is 4.31. The first-order chi connectivity index (χ1) is 10.3. The number of benzene rings is 1. The van der Waals surface area contributed by atoms with Gasteiger partial charge in [-0.25, -0.2) is 0 Å². The second-order valence-electron chi connectivity index (χ2n) is 5.19. The summed E-state index contributed by atoms with van der Waals surface area (Å²) in [4.78, 5) is 14.7. The number of nitrogens with zero attached hydrogens (tertiary/aromatic N) is 2. The Labute approximate surface area is 126 Å². The van der Waals surface area contributed by atoms with Crippen molar-refractivity contribution in [3.8, 4) is 0 Å². The minimum atomic E-state index is -0.0124. The van der Waals surface area contributed by atoms with Crippen molar-refractivity contribution in [3.63, 3.8) is 0 Å². The summed E-state index contributed by atoms with van der Waals surface area (Å²) in [7, 11) is 0. The SMILES string of the molecule is CCCCC(CC)N(C(=O)c1ccn[nH]1)c1ccccc1. The minimum absolute atomic E-state index is 0.0124. The normalized spacial score (nSPS) is 12.1. The summed E-state index contributed by atoms with van der Waals surface area (Å²) in [5.41, 5.74) is 1.48. The predicted octanol–water partition coefficient (Wildman–Crippen LogP) is 4.03. The van der Waals surface area contributed by atoms with Crippen molar-refractivity contribution in [2.75, 3.05) is 4.90 Å². The Morgan fingerprint density at radius 2 is 2.00 bits per heavy atom. The van der Waals surface area contributed by atoms with Gasteiger partial charge in [-0.1, -0.05) is 44.9 Å². The Bertz CT molecular complexity index is 536. The van der Waals surface area contributed by atoms with Gasteiger partial charge in [-0.3, -0.25) is 9.89 Å². The van der Waals surface area contributed by atoms with Gasteiger partial charge in [-0.15, -0.1) is 0 Å². The molecule has 0 radical (unpaired) electrons. The van der Waals surface area contributed by atoms with E-state index < -0.39 is 0 Å². The van der Waals surface area contributed by atoms with Crippen molar-refractivity contribution in [1.29, 1.82) is 0 Å². The highest BCUT2D eigenvalue weighted by atomic mass is 16.2. The lowest BCUT2D eigenvalue weighted by molar-refractivity contribution is 0.0969. The number of rotatable bonds is 7. The van der Waals surface area contributed by atoms with E-state index in [0.29, 0.717) is 5.69 Å². The second-order valence-corrected chi connectivity index (χ2v) is 5.19. The Morgan fingerprint density at radius 1 is 1.24 bits per heavy atom. The molecule has 112 valence electrons. The van der Waals surface area contributed by atoms with Gasteiger partial charge in [-0.2, -0.15) is 5.10 Å². The highest BCUT2D eigenvalue weighted by Crippen LogP contribution is 2.23. The molecule has 1 atom stereocenters. The fourth-order valence-corrected chi connectivity index (χ4v) is 2.54. The fourth-order valence-electron chi connectivity index (χ4n) is 2.54. The number of unbranched alkanes of at least 4 members (excludes halogenated alkanes) is 1. The number of H-pyrrole nitrogens is 1. The van der Waals surface area contributed by atoms with Crippen molar-refractivity contribution in [2.24, 2.45) is 0 Å². The van der Waals surface area contributed by atoms with Gasteiger partial charge >= 0.3 is 0 Å². The van der Waals surface area contributed by atoms with Crippen LogP contribution in [0.3, 0.4) is 0 Å². The van der Waals surface area contributed by atoms with Crippen LogP contribution in [0.4, 0.5) is 5.69 Å². The number of aromatic nitrogens is 2. The molecule has 1 unspecified atom stereocenters. The van der Waals surface area contributed by atoms with Crippen molar-refractivity contribution >= 4 is 11.6 Å². The van der Waals surface area contributed by atoms with Crippen LogP contribution >= 0.6 is 0 Å². The van der Waals surface area contributed by atoms with E-state index in [1.807, 2.05) is 35.2 Å². The van der Waals surface area contributed by atoms with Gasteiger partial charge < -0.3 is 4.90 Å². The molecule has 0 aliphatic carbocycles. The monoisotopic (exact) mass is 285 g/mol. The van der Waals surface area contributed by atoms with Gasteiger partial charge in [-0.05, 0) is 31.0 Å². The zero-order chi connectivity index (χ0) is 15.1. The maximum atomic E-state index is 12.8. The van der Waals surface area contributed by atoms with E-state index in [2.05, 4.69) is 24.0 Å². The van der Waals surface area contributed by atoms with Crippen molar-refractivity contribution in [2.45, 2.75) is 45.6 Å². The summed E-state index contributed by atoms with van der Waals surface area (Å²) >= 11 is 0. The van der Waals surface area contributed by atoms with Gasteiger partial charge in [0, 0.05) is 17.9 Å². The predicted molar refractivity (Wildman–Crippen MR) is 85.4 cm³/mol. The van der Waals surface area contributed by atoms with Gasteiger partial charge in [0.05, 0.1) is 0 Å². The Kier molecular flexibility index (Phi) is 5.55. The number of aromatic amines is 1. The van der Waals surface area contributed by atoms with Crippen LogP contribution in [0.25, 0.3) is 0 Å². The van der Waals surface area contributed by atoms with E-state index in [0.717, 1.165) is 31.4 Å². The molecule has 1 amide bonds. The lowest BCUT2D eigenvalue weighted by Gasteiger charge is -2.31. The number of hydrogen-bond donors (Lipinski definition) is 1. The molecule has 0 saturated carbocycles. The molecule has 1 heterocycles. The number of para-hydroxylation sites is 1. The summed E-state index contributed by atoms with van der Waals surface area (Å²) in [6.07, 6.45) is 5.83. The summed E-state index contributed by atoms with van der Waals surface area (Å²) in [5.74, 6) is -0.0124. The van der Waals surface area contributed by atoms with Gasteiger partial charge in [0.2, 0.25) is 0 Å². The fraction of sp³-hybridized carbons (Fsp3) is 0.412. The van der Waals surface area contributed by atoms with Crippen LogP contribution in [0.2, 0.25) is 0 Å². The Hall–Kier alpha value is -2.10. The summed E-state index contributed by atoms with van der Waals surface area (Å²) < 4.78 is 0. The summed E-state index contributed by atoms with van der Waals surface area (Å²) in [6, 6.07) is 11.8. The highest BCUT2D eigenvalue weighted by Gasteiger charge is 2.25. The first kappa shape index (κ1) is 15.3. The lowest BCUT2D eigenvalue weighted by Crippen LogP contribution is -2.40. The molecule has 4 nitrogen and oxygen atoms in total. The molecule has 0 aliphatic rings. The molecule has 0 aliphatic heterocycles. The quantitative estimate of drug-likeness (QED) is 0.835. The van der Waals surface area contributed by atoms with E-state index in [-0.39, 0.29) is 11.9 Å². The topological polar surface area (TPSA) is 49.0 Å². The van der Waals surface area contributed by atoms with Crippen LogP contribution in [-0.2, 0) is 0 Å². The third-order valence-corrected chi connectivity index (χ3v) is 3.71. The third kappa shape index (κ3) is 3.72. The smallest absolute Gasteiger partial charge is 0.276 e. The van der Waals surface area contributed by atoms with Crippen LogP contribution in [0.1, 0.15) is 50.0 Å². The van der Waals surface area contributed by atoms with Gasteiger partial charge in [0.25, 0.3) is 5.91 Å². The lowest BCUT2D eigenvalue weighted by atomic mass is 10.0. The average molecular weight is 285 g/mol. The zero-order valence-corrected chi connectivity index (χ0v) is 12.7. The van der Waals surface area contributed by atoms with Crippen LogP contribution in [0, 0.1) is 0 Å². The standard InChI is InChI=1S/C17H23N3O/c1-3-5-9-14(4-2)20(15-10-7-6-8-11-15)17(21)16-12-13-18-19-16/h6-8,10-14H,3-5,9H2,1-2H3,(H,18,19). The largest absolute Gasteiger partial charge is 0.304 e. The highest BCUT2D eigenvalue weighted by molar-refractivity contribution is 6.05. The minimum Gasteiger partial charge on any atom is -0.304 e. The molecule has 21 heavy (non-hydrogen) atoms. The molecule has 4 heteroatoms. The number of anilines is 1. The number of nitrogens with one attached hydrogen (secondary N) is 1. The molecule has 0 saturated heterocycles. The third-order valence-electron chi connectivity index (χ3n) is 3.71. The van der Waals surface area contributed by atoms with E-state index >= 15 is 0 Å². The van der Waals surface area contributed by atoms with Crippen LogP contribution < -0.4 is 4.90 Å². The van der Waals surface area contributed by atoms with Gasteiger partial charge in [0.15, 0.2) is 0 Å². The molecule has 0 bridgehead atoms. The first-order valence-corrected chi connectivity index (χ1v) is 7.65. The number of carbonyl (C=O) groups excluding carboxylic acids is 1. The van der Waals surface area contributed by atoms with E-state index in [9.17, 15) is 4.79 Å².